The van der Waals surface area contributed by atoms with Gasteiger partial charge in [0.05, 0.1) is 11.8 Å². The van der Waals surface area contributed by atoms with Crippen molar-refractivity contribution in [1.29, 1.82) is 0 Å². The van der Waals surface area contributed by atoms with Gasteiger partial charge < -0.3 is 5.32 Å². The molecule has 11 heavy (non-hydrogen) atoms. The fourth-order valence-electron chi connectivity index (χ4n) is 1.31. The maximum absolute atomic E-state index is 4.29. The highest BCUT2D eigenvalue weighted by molar-refractivity contribution is 6.06. The minimum absolute atomic E-state index is 0.296. The van der Waals surface area contributed by atoms with Crippen LogP contribution in [0.5, 0.6) is 0 Å². The molecule has 56 valence electrons. The lowest BCUT2D eigenvalue weighted by atomic mass is 9.99. The number of aliphatic imine (C=N–C) groups is 1. The van der Waals surface area contributed by atoms with Gasteiger partial charge in [-0.15, -0.1) is 0 Å². The molecule has 1 atom stereocenters. The molecule has 2 rings (SSSR count). The van der Waals surface area contributed by atoms with Crippen molar-refractivity contribution < 1.29 is 0 Å². The zero-order valence-electron chi connectivity index (χ0n) is 6.41. The van der Waals surface area contributed by atoms with Crippen molar-refractivity contribution >= 4 is 5.71 Å². The summed E-state index contributed by atoms with van der Waals surface area (Å²) in [5.74, 6) is 0. The molecule has 0 aromatic carbocycles. The van der Waals surface area contributed by atoms with Crippen molar-refractivity contribution in [3.05, 3.63) is 36.2 Å². The van der Waals surface area contributed by atoms with Gasteiger partial charge >= 0.3 is 0 Å². The van der Waals surface area contributed by atoms with Crippen LogP contribution in [0.15, 0.2) is 41.2 Å². The third kappa shape index (κ3) is 1.00. The second-order valence-electron chi connectivity index (χ2n) is 2.71. The molecule has 0 spiro atoms. The highest BCUT2D eigenvalue weighted by atomic mass is 15.0. The van der Waals surface area contributed by atoms with Crippen LogP contribution in [0.25, 0.3) is 0 Å². The highest BCUT2D eigenvalue weighted by Gasteiger charge is 2.16. The summed E-state index contributed by atoms with van der Waals surface area (Å²) < 4.78 is 0. The Morgan fingerprint density at radius 2 is 2.45 bits per heavy atom. The van der Waals surface area contributed by atoms with Crippen molar-refractivity contribution in [3.8, 4) is 0 Å². The molecular formula is C9H10N2. The number of allylic oxidation sites excluding steroid dienone is 2. The van der Waals surface area contributed by atoms with Crippen LogP contribution in [-0.2, 0) is 0 Å². The Labute approximate surface area is 66.0 Å². The van der Waals surface area contributed by atoms with Gasteiger partial charge in [-0.3, -0.25) is 4.99 Å². The van der Waals surface area contributed by atoms with E-state index in [9.17, 15) is 0 Å². The first-order valence-corrected chi connectivity index (χ1v) is 3.72. The summed E-state index contributed by atoms with van der Waals surface area (Å²) in [6, 6.07) is 0.296. The van der Waals surface area contributed by atoms with Gasteiger partial charge in [0.1, 0.15) is 0 Å². The smallest absolute Gasteiger partial charge is 0.0871 e. The zero-order valence-corrected chi connectivity index (χ0v) is 6.41. The van der Waals surface area contributed by atoms with Crippen LogP contribution >= 0.6 is 0 Å². The minimum atomic E-state index is 0.296. The predicted molar refractivity (Wildman–Crippen MR) is 46.4 cm³/mol. The quantitative estimate of drug-likeness (QED) is 0.548. The molecule has 0 aromatic heterocycles. The summed E-state index contributed by atoms with van der Waals surface area (Å²) in [4.78, 5) is 4.29. The summed E-state index contributed by atoms with van der Waals surface area (Å²) in [6.45, 7) is 2.08. The molecule has 2 heteroatoms. The topological polar surface area (TPSA) is 24.4 Å². The third-order valence-corrected chi connectivity index (χ3v) is 1.91. The van der Waals surface area contributed by atoms with Crippen LogP contribution < -0.4 is 5.32 Å². The summed E-state index contributed by atoms with van der Waals surface area (Å²) in [5.41, 5.74) is 2.38. The van der Waals surface area contributed by atoms with Crippen LogP contribution in [0.4, 0.5) is 0 Å². The van der Waals surface area contributed by atoms with Crippen LogP contribution in [0.1, 0.15) is 6.92 Å². The molecule has 2 nitrogen and oxygen atoms in total. The van der Waals surface area contributed by atoms with E-state index < -0.39 is 0 Å². The average molecular weight is 146 g/mol. The fourth-order valence-corrected chi connectivity index (χ4v) is 1.31. The normalized spacial score (nSPS) is 26.8. The Hall–Kier alpha value is -1.31. The molecule has 0 bridgehead atoms. The number of fused-ring (bicyclic) bond motifs is 1. The van der Waals surface area contributed by atoms with Gasteiger partial charge in [0.2, 0.25) is 0 Å². The maximum atomic E-state index is 4.29. The number of nitrogens with one attached hydrogen (secondary N) is 1. The maximum Gasteiger partial charge on any atom is 0.0871 e. The van der Waals surface area contributed by atoms with Gasteiger partial charge in [-0.1, -0.05) is 18.2 Å². The number of hydrogen-bond donors (Lipinski definition) is 1. The predicted octanol–water partition coefficient (Wildman–Crippen LogP) is 1.39. The molecule has 0 fully saturated rings. The summed E-state index contributed by atoms with van der Waals surface area (Å²) in [7, 11) is 0. The third-order valence-electron chi connectivity index (χ3n) is 1.91. The highest BCUT2D eigenvalue weighted by Crippen LogP contribution is 2.12. The molecular weight excluding hydrogens is 136 g/mol. The van der Waals surface area contributed by atoms with Crippen molar-refractivity contribution in [2.75, 3.05) is 0 Å². The second kappa shape index (κ2) is 2.38. The number of hydrogen-bond acceptors (Lipinski definition) is 2. The van der Waals surface area contributed by atoms with Crippen LogP contribution in [0.3, 0.4) is 0 Å². The van der Waals surface area contributed by atoms with E-state index in [4.69, 9.17) is 0 Å². The van der Waals surface area contributed by atoms with E-state index in [1.54, 1.807) is 6.20 Å². The van der Waals surface area contributed by atoms with Crippen molar-refractivity contribution in [1.82, 2.24) is 5.32 Å². The van der Waals surface area contributed by atoms with Crippen LogP contribution in [-0.4, -0.2) is 11.8 Å². The lowest BCUT2D eigenvalue weighted by molar-refractivity contribution is 0.850. The van der Waals surface area contributed by atoms with Gasteiger partial charge in [0.15, 0.2) is 0 Å². The molecule has 1 aliphatic carbocycles. The number of rotatable bonds is 0. The first kappa shape index (κ1) is 6.40. The Kier molecular flexibility index (Phi) is 1.39. The zero-order chi connectivity index (χ0) is 7.68. The average Bonchev–Trinajstić information content (AvgIpc) is 2.06. The summed E-state index contributed by atoms with van der Waals surface area (Å²) in [5, 5.41) is 3.21. The van der Waals surface area contributed by atoms with Crippen molar-refractivity contribution in [2.45, 2.75) is 13.0 Å². The SMILES string of the molecule is CC1=CC=CC2NC=CN=C12. The molecule has 1 unspecified atom stereocenters. The summed E-state index contributed by atoms with van der Waals surface area (Å²) in [6.07, 6.45) is 9.91. The van der Waals surface area contributed by atoms with E-state index in [-0.39, 0.29) is 0 Å². The molecule has 0 radical (unpaired) electrons. The Morgan fingerprint density at radius 3 is 3.27 bits per heavy atom. The first-order chi connectivity index (χ1) is 5.38. The molecule has 0 saturated carbocycles. The molecule has 1 aliphatic heterocycles. The molecule has 1 heterocycles. The lowest BCUT2D eigenvalue weighted by Crippen LogP contribution is -2.35. The van der Waals surface area contributed by atoms with Crippen molar-refractivity contribution in [2.24, 2.45) is 4.99 Å². The van der Waals surface area contributed by atoms with E-state index in [1.807, 2.05) is 6.20 Å². The monoisotopic (exact) mass is 146 g/mol. The second-order valence-corrected chi connectivity index (χ2v) is 2.71. The van der Waals surface area contributed by atoms with Crippen LogP contribution in [0, 0.1) is 0 Å². The first-order valence-electron chi connectivity index (χ1n) is 3.72. The van der Waals surface area contributed by atoms with E-state index in [0.29, 0.717) is 6.04 Å². The molecule has 0 amide bonds. The minimum Gasteiger partial charge on any atom is -0.378 e. The Morgan fingerprint density at radius 1 is 1.55 bits per heavy atom. The Bertz CT molecular complexity index is 282. The largest absolute Gasteiger partial charge is 0.378 e. The van der Waals surface area contributed by atoms with Gasteiger partial charge in [0, 0.05) is 12.4 Å². The molecule has 0 saturated heterocycles. The standard InChI is InChI=1S/C9H10N2/c1-7-3-2-4-8-9(7)11-6-5-10-8/h2-6,8,10H,1H3. The summed E-state index contributed by atoms with van der Waals surface area (Å²) >= 11 is 0. The van der Waals surface area contributed by atoms with Gasteiger partial charge in [0.25, 0.3) is 0 Å². The van der Waals surface area contributed by atoms with E-state index >= 15 is 0 Å². The van der Waals surface area contributed by atoms with Crippen LogP contribution in [0.2, 0.25) is 0 Å². The number of nitrogens with zero attached hydrogens (tertiary/aromatic N) is 1. The Balaban J connectivity index is 2.40. The van der Waals surface area contributed by atoms with Gasteiger partial charge in [-0.25, -0.2) is 0 Å². The fraction of sp³-hybridized carbons (Fsp3) is 0.222. The van der Waals surface area contributed by atoms with E-state index in [1.165, 1.54) is 5.57 Å². The molecule has 2 aliphatic rings. The lowest BCUT2D eigenvalue weighted by Gasteiger charge is -2.21. The van der Waals surface area contributed by atoms with E-state index in [0.717, 1.165) is 5.71 Å². The van der Waals surface area contributed by atoms with Gasteiger partial charge in [-0.2, -0.15) is 0 Å². The molecule has 1 N–H and O–H groups in total. The van der Waals surface area contributed by atoms with Crippen molar-refractivity contribution in [3.63, 3.8) is 0 Å². The van der Waals surface area contributed by atoms with Gasteiger partial charge in [-0.05, 0) is 12.5 Å². The molecule has 0 aromatic rings. The van der Waals surface area contributed by atoms with E-state index in [2.05, 4.69) is 35.5 Å².